The zero-order valence-electron chi connectivity index (χ0n) is 11.0. The Kier molecular flexibility index (Phi) is 3.97. The van der Waals surface area contributed by atoms with E-state index in [1.165, 1.54) is 6.92 Å². The second-order valence-corrected chi connectivity index (χ2v) is 6.87. The number of sulfonamides is 1. The third-order valence-corrected chi connectivity index (χ3v) is 3.89. The second-order valence-electron chi connectivity index (χ2n) is 5.19. The molecule has 1 rings (SSSR count). The summed E-state index contributed by atoms with van der Waals surface area (Å²) in [5.41, 5.74) is -1.69. The lowest BCUT2D eigenvalue weighted by molar-refractivity contribution is -0.387. The van der Waals surface area contributed by atoms with E-state index in [1.807, 2.05) is 0 Å². The van der Waals surface area contributed by atoms with Crippen LogP contribution in [0.1, 0.15) is 26.3 Å². The largest absolute Gasteiger partial charge is 0.306 e. The Labute approximate surface area is 110 Å². The van der Waals surface area contributed by atoms with Crippen molar-refractivity contribution in [3.8, 4) is 0 Å². The quantitative estimate of drug-likeness (QED) is 0.682. The van der Waals surface area contributed by atoms with Gasteiger partial charge in [0.15, 0.2) is 0 Å². The first-order valence-corrected chi connectivity index (χ1v) is 6.91. The molecule has 1 aromatic carbocycles. The van der Waals surface area contributed by atoms with Crippen molar-refractivity contribution in [2.45, 2.75) is 38.1 Å². The van der Waals surface area contributed by atoms with Crippen LogP contribution in [0.15, 0.2) is 17.0 Å². The number of rotatable bonds is 3. The molecule has 0 spiro atoms. The molecule has 0 radical (unpaired) electrons. The molecular formula is C11H15FN2O4S. The van der Waals surface area contributed by atoms with Gasteiger partial charge in [0, 0.05) is 11.6 Å². The Morgan fingerprint density at radius 1 is 1.32 bits per heavy atom. The van der Waals surface area contributed by atoms with Crippen molar-refractivity contribution < 1.29 is 17.7 Å². The number of nitrogens with one attached hydrogen (secondary N) is 1. The normalized spacial score (nSPS) is 12.5. The predicted octanol–water partition coefficient (Wildman–Crippen LogP) is 2.12. The number of hydrogen-bond donors (Lipinski definition) is 1. The maximum absolute atomic E-state index is 13.5. The van der Waals surface area contributed by atoms with Crippen LogP contribution >= 0.6 is 0 Å². The summed E-state index contributed by atoms with van der Waals surface area (Å²) in [7, 11) is -3.93. The fourth-order valence-electron chi connectivity index (χ4n) is 1.47. The van der Waals surface area contributed by atoms with Crippen molar-refractivity contribution in [3.05, 3.63) is 33.6 Å². The minimum atomic E-state index is -3.93. The van der Waals surface area contributed by atoms with Crippen LogP contribution in [0, 0.1) is 22.9 Å². The average molecular weight is 290 g/mol. The summed E-state index contributed by atoms with van der Waals surface area (Å²) in [6.07, 6.45) is 0. The van der Waals surface area contributed by atoms with Gasteiger partial charge in [0.2, 0.25) is 15.8 Å². The first kappa shape index (κ1) is 15.5. The number of nitro groups is 1. The molecule has 0 aliphatic heterocycles. The van der Waals surface area contributed by atoms with Gasteiger partial charge < -0.3 is 0 Å². The standard InChI is InChI=1S/C11H15FN2O4S/c1-7-5-8(6-9(10(7)12)14(15)16)19(17,18)13-11(2,3)4/h5-6,13H,1-4H3. The van der Waals surface area contributed by atoms with Crippen LogP contribution in [-0.4, -0.2) is 18.9 Å². The maximum Gasteiger partial charge on any atom is 0.306 e. The van der Waals surface area contributed by atoms with Crippen LogP contribution in [-0.2, 0) is 10.0 Å². The van der Waals surface area contributed by atoms with E-state index in [-0.39, 0.29) is 10.5 Å². The maximum atomic E-state index is 13.5. The molecule has 0 atom stereocenters. The van der Waals surface area contributed by atoms with Crippen LogP contribution in [0.25, 0.3) is 0 Å². The molecule has 0 heterocycles. The summed E-state index contributed by atoms with van der Waals surface area (Å²) in [6.45, 7) is 6.18. The number of hydrogen-bond acceptors (Lipinski definition) is 4. The Bertz CT molecular complexity index is 620. The van der Waals surface area contributed by atoms with Gasteiger partial charge in [-0.3, -0.25) is 10.1 Å². The molecule has 0 saturated carbocycles. The molecule has 0 amide bonds. The summed E-state index contributed by atoms with van der Waals surface area (Å²) >= 11 is 0. The minimum Gasteiger partial charge on any atom is -0.258 e. The van der Waals surface area contributed by atoms with Crippen LogP contribution in [0.5, 0.6) is 0 Å². The van der Waals surface area contributed by atoms with Crippen LogP contribution in [0.4, 0.5) is 10.1 Å². The van der Waals surface area contributed by atoms with E-state index in [0.29, 0.717) is 0 Å². The lowest BCUT2D eigenvalue weighted by atomic mass is 10.1. The Hall–Kier alpha value is -1.54. The van der Waals surface area contributed by atoms with Gasteiger partial charge in [0.25, 0.3) is 0 Å². The van der Waals surface area contributed by atoms with Gasteiger partial charge in [0.05, 0.1) is 9.82 Å². The highest BCUT2D eigenvalue weighted by molar-refractivity contribution is 7.89. The van der Waals surface area contributed by atoms with E-state index in [2.05, 4.69) is 4.72 Å². The molecule has 1 aromatic rings. The molecule has 0 fully saturated rings. The van der Waals surface area contributed by atoms with Crippen molar-refractivity contribution >= 4 is 15.7 Å². The van der Waals surface area contributed by atoms with E-state index < -0.39 is 32.0 Å². The van der Waals surface area contributed by atoms with Gasteiger partial charge >= 0.3 is 5.69 Å². The van der Waals surface area contributed by atoms with Crippen molar-refractivity contribution in [2.75, 3.05) is 0 Å². The molecule has 8 heteroatoms. The van der Waals surface area contributed by atoms with Gasteiger partial charge in [0.1, 0.15) is 0 Å². The van der Waals surface area contributed by atoms with E-state index >= 15 is 0 Å². The van der Waals surface area contributed by atoms with Crippen LogP contribution in [0.2, 0.25) is 0 Å². The number of halogens is 1. The molecule has 0 aliphatic carbocycles. The lowest BCUT2D eigenvalue weighted by Gasteiger charge is -2.20. The minimum absolute atomic E-state index is 0.0940. The van der Waals surface area contributed by atoms with Crippen molar-refractivity contribution in [1.82, 2.24) is 4.72 Å². The summed E-state index contributed by atoms with van der Waals surface area (Å²) in [6, 6.07) is 1.78. The molecule has 1 N–H and O–H groups in total. The first-order valence-electron chi connectivity index (χ1n) is 5.42. The highest BCUT2D eigenvalue weighted by Crippen LogP contribution is 2.25. The summed E-state index contributed by atoms with van der Waals surface area (Å²) < 4.78 is 39.9. The topological polar surface area (TPSA) is 89.3 Å². The lowest BCUT2D eigenvalue weighted by Crippen LogP contribution is -2.40. The van der Waals surface area contributed by atoms with Crippen molar-refractivity contribution in [2.24, 2.45) is 0 Å². The number of nitro benzene ring substituents is 1. The van der Waals surface area contributed by atoms with E-state index in [9.17, 15) is 22.9 Å². The molecule has 6 nitrogen and oxygen atoms in total. The Morgan fingerprint density at radius 3 is 2.26 bits per heavy atom. The van der Waals surface area contributed by atoms with Crippen molar-refractivity contribution in [1.29, 1.82) is 0 Å². The van der Waals surface area contributed by atoms with Gasteiger partial charge in [-0.25, -0.2) is 13.1 Å². The SMILES string of the molecule is Cc1cc(S(=O)(=O)NC(C)(C)C)cc([N+](=O)[O-])c1F. The van der Waals surface area contributed by atoms with E-state index in [1.54, 1.807) is 20.8 Å². The average Bonchev–Trinajstić information content (AvgIpc) is 2.17. The van der Waals surface area contributed by atoms with Crippen LogP contribution in [0.3, 0.4) is 0 Å². The molecule has 0 aliphatic rings. The number of aryl methyl sites for hydroxylation is 1. The van der Waals surface area contributed by atoms with Gasteiger partial charge in [-0.1, -0.05) is 0 Å². The smallest absolute Gasteiger partial charge is 0.258 e. The number of nitrogens with zero attached hydrogens (tertiary/aromatic N) is 1. The van der Waals surface area contributed by atoms with Crippen molar-refractivity contribution in [3.63, 3.8) is 0 Å². The highest BCUT2D eigenvalue weighted by Gasteiger charge is 2.26. The van der Waals surface area contributed by atoms with Gasteiger partial charge in [-0.2, -0.15) is 4.39 Å². The fourth-order valence-corrected chi connectivity index (χ4v) is 2.99. The first-order chi connectivity index (χ1) is 8.44. The molecule has 0 unspecified atom stereocenters. The molecule has 0 aromatic heterocycles. The highest BCUT2D eigenvalue weighted by atomic mass is 32.2. The van der Waals surface area contributed by atoms with E-state index in [0.717, 1.165) is 12.1 Å². The Morgan fingerprint density at radius 2 is 1.84 bits per heavy atom. The molecule has 0 bridgehead atoms. The summed E-state index contributed by atoms with van der Waals surface area (Å²) in [5, 5.41) is 10.7. The monoisotopic (exact) mass is 290 g/mol. The predicted molar refractivity (Wildman–Crippen MR) is 67.9 cm³/mol. The zero-order valence-corrected chi connectivity index (χ0v) is 11.8. The van der Waals surface area contributed by atoms with E-state index in [4.69, 9.17) is 0 Å². The second kappa shape index (κ2) is 4.86. The fraction of sp³-hybridized carbons (Fsp3) is 0.455. The summed E-state index contributed by atoms with van der Waals surface area (Å²) in [4.78, 5) is 9.42. The number of benzene rings is 1. The third-order valence-electron chi connectivity index (χ3n) is 2.16. The Balaban J connectivity index is 3.41. The van der Waals surface area contributed by atoms with Gasteiger partial charge in [-0.05, 0) is 39.3 Å². The molecule has 0 saturated heterocycles. The van der Waals surface area contributed by atoms with Gasteiger partial charge in [-0.15, -0.1) is 0 Å². The summed E-state index contributed by atoms with van der Waals surface area (Å²) in [5.74, 6) is -1.03. The third kappa shape index (κ3) is 3.71. The van der Waals surface area contributed by atoms with Crippen LogP contribution < -0.4 is 4.72 Å². The zero-order chi connectivity index (χ0) is 15.0. The molecule has 106 valence electrons. The molecular weight excluding hydrogens is 275 g/mol. The molecule has 19 heavy (non-hydrogen) atoms.